The number of thiazole rings is 1. The van der Waals surface area contributed by atoms with Crippen molar-refractivity contribution in [2.24, 2.45) is 0 Å². The van der Waals surface area contributed by atoms with Crippen LogP contribution < -0.4 is 4.87 Å². The third-order valence-corrected chi connectivity index (χ3v) is 7.22. The van der Waals surface area contributed by atoms with Crippen molar-refractivity contribution in [1.29, 1.82) is 0 Å². The molecular formula is C14H16N2O3S2. The van der Waals surface area contributed by atoms with Crippen LogP contribution in [-0.2, 0) is 10.0 Å². The topological polar surface area (TPSA) is 70.2 Å². The van der Waals surface area contributed by atoms with Crippen LogP contribution in [0.5, 0.6) is 0 Å². The summed E-state index contributed by atoms with van der Waals surface area (Å²) in [5.74, 6) is 0.219. The number of benzene rings is 1. The highest BCUT2D eigenvalue weighted by atomic mass is 32.2. The number of hydrogen-bond donors (Lipinski definition) is 1. The van der Waals surface area contributed by atoms with Gasteiger partial charge in [0, 0.05) is 18.8 Å². The van der Waals surface area contributed by atoms with E-state index in [0.717, 1.165) is 23.3 Å². The molecule has 3 rings (SSSR count). The van der Waals surface area contributed by atoms with Crippen LogP contribution in [0.4, 0.5) is 0 Å². The van der Waals surface area contributed by atoms with Gasteiger partial charge in [-0.15, -0.1) is 0 Å². The van der Waals surface area contributed by atoms with Gasteiger partial charge in [-0.2, -0.15) is 4.31 Å². The minimum Gasteiger partial charge on any atom is -0.315 e. The van der Waals surface area contributed by atoms with Gasteiger partial charge in [0.05, 0.1) is 0 Å². The molecule has 5 nitrogen and oxygen atoms in total. The third kappa shape index (κ3) is 2.68. The summed E-state index contributed by atoms with van der Waals surface area (Å²) in [4.78, 5) is 13.5. The molecule has 1 saturated heterocycles. The summed E-state index contributed by atoms with van der Waals surface area (Å²) in [5.41, 5.74) is 1.59. The summed E-state index contributed by atoms with van der Waals surface area (Å²) < 4.78 is 26.9. The van der Waals surface area contributed by atoms with Crippen LogP contribution in [0.15, 0.2) is 39.3 Å². The summed E-state index contributed by atoms with van der Waals surface area (Å²) in [6.07, 6.45) is 0.807. The van der Waals surface area contributed by atoms with Crippen molar-refractivity contribution in [2.75, 3.05) is 13.1 Å². The van der Waals surface area contributed by atoms with Gasteiger partial charge in [0.2, 0.25) is 0 Å². The van der Waals surface area contributed by atoms with E-state index >= 15 is 0 Å². The predicted octanol–water partition coefficient (Wildman–Crippen LogP) is 1.92. The quantitative estimate of drug-likeness (QED) is 0.938. The number of aryl methyl sites for hydroxylation is 1. The summed E-state index contributed by atoms with van der Waals surface area (Å²) in [6.45, 7) is 2.58. The molecule has 0 radical (unpaired) electrons. The maximum Gasteiger partial charge on any atom is 0.305 e. The Morgan fingerprint density at radius 3 is 2.62 bits per heavy atom. The van der Waals surface area contributed by atoms with E-state index in [1.807, 2.05) is 30.3 Å². The molecule has 21 heavy (non-hydrogen) atoms. The lowest BCUT2D eigenvalue weighted by Crippen LogP contribution is -2.28. The van der Waals surface area contributed by atoms with Gasteiger partial charge in [-0.1, -0.05) is 41.7 Å². The maximum atomic E-state index is 12.6. The molecule has 0 spiro atoms. The Kier molecular flexibility index (Phi) is 3.73. The van der Waals surface area contributed by atoms with Gasteiger partial charge in [0.15, 0.2) is 4.21 Å². The van der Waals surface area contributed by atoms with E-state index in [0.29, 0.717) is 18.8 Å². The molecule has 1 unspecified atom stereocenters. The Bertz CT molecular complexity index is 793. The third-order valence-electron chi connectivity index (χ3n) is 3.78. The lowest BCUT2D eigenvalue weighted by Gasteiger charge is -2.16. The second-order valence-corrected chi connectivity index (χ2v) is 8.30. The first-order valence-corrected chi connectivity index (χ1v) is 8.99. The predicted molar refractivity (Wildman–Crippen MR) is 82.2 cm³/mol. The number of hydrogen-bond acceptors (Lipinski definition) is 4. The second-order valence-electron chi connectivity index (χ2n) is 5.19. The Labute approximate surface area is 127 Å². The highest BCUT2D eigenvalue weighted by molar-refractivity contribution is 7.91. The summed E-state index contributed by atoms with van der Waals surface area (Å²) in [5, 5.41) is 0. The molecule has 7 heteroatoms. The minimum absolute atomic E-state index is 0.140. The number of H-pyrrole nitrogens is 1. The fourth-order valence-corrected chi connectivity index (χ4v) is 5.63. The van der Waals surface area contributed by atoms with Gasteiger partial charge in [0.1, 0.15) is 0 Å². The van der Waals surface area contributed by atoms with E-state index in [1.54, 1.807) is 6.92 Å². The second kappa shape index (κ2) is 5.40. The molecule has 1 aliphatic heterocycles. The van der Waals surface area contributed by atoms with E-state index in [2.05, 4.69) is 4.98 Å². The lowest BCUT2D eigenvalue weighted by molar-refractivity contribution is 0.474. The van der Waals surface area contributed by atoms with E-state index in [1.165, 1.54) is 4.31 Å². The maximum absolute atomic E-state index is 12.6. The average Bonchev–Trinajstić information content (AvgIpc) is 3.07. The zero-order valence-corrected chi connectivity index (χ0v) is 13.2. The van der Waals surface area contributed by atoms with Crippen molar-refractivity contribution in [3.8, 4) is 0 Å². The van der Waals surface area contributed by atoms with Crippen molar-refractivity contribution in [3.63, 3.8) is 0 Å². The van der Waals surface area contributed by atoms with Crippen LogP contribution in [-0.4, -0.2) is 30.8 Å². The molecule has 1 aliphatic rings. The molecule has 0 aliphatic carbocycles. The SMILES string of the molecule is Cc1[nH]c(=O)sc1S(=O)(=O)N1CCC(c2ccccc2)C1. The zero-order valence-electron chi connectivity index (χ0n) is 11.6. The lowest BCUT2D eigenvalue weighted by atomic mass is 9.99. The minimum atomic E-state index is -3.57. The Morgan fingerprint density at radius 1 is 1.29 bits per heavy atom. The molecule has 1 aromatic heterocycles. The van der Waals surface area contributed by atoms with Crippen molar-refractivity contribution in [3.05, 3.63) is 51.3 Å². The normalized spacial score (nSPS) is 20.0. The van der Waals surface area contributed by atoms with Crippen molar-refractivity contribution in [1.82, 2.24) is 9.29 Å². The average molecular weight is 324 g/mol. The molecule has 1 aromatic carbocycles. The molecule has 2 heterocycles. The van der Waals surface area contributed by atoms with Gasteiger partial charge in [0.25, 0.3) is 10.0 Å². The highest BCUT2D eigenvalue weighted by Crippen LogP contribution is 2.32. The van der Waals surface area contributed by atoms with Crippen LogP contribution >= 0.6 is 11.3 Å². The van der Waals surface area contributed by atoms with E-state index in [9.17, 15) is 13.2 Å². The first-order chi connectivity index (χ1) is 9.98. The number of nitrogens with zero attached hydrogens (tertiary/aromatic N) is 1. The molecule has 1 N–H and O–H groups in total. The number of aromatic amines is 1. The number of rotatable bonds is 3. The van der Waals surface area contributed by atoms with Crippen molar-refractivity contribution >= 4 is 21.4 Å². The van der Waals surface area contributed by atoms with Crippen LogP contribution in [0.1, 0.15) is 23.6 Å². The molecule has 0 saturated carbocycles. The monoisotopic (exact) mass is 324 g/mol. The van der Waals surface area contributed by atoms with E-state index < -0.39 is 10.0 Å². The largest absolute Gasteiger partial charge is 0.315 e. The zero-order chi connectivity index (χ0) is 15.0. The molecular weight excluding hydrogens is 308 g/mol. The highest BCUT2D eigenvalue weighted by Gasteiger charge is 2.35. The number of aromatic nitrogens is 1. The van der Waals surface area contributed by atoms with Crippen LogP contribution in [0, 0.1) is 6.92 Å². The number of sulfonamides is 1. The molecule has 0 amide bonds. The summed E-state index contributed by atoms with van der Waals surface area (Å²) in [6, 6.07) is 9.94. The van der Waals surface area contributed by atoms with Gasteiger partial charge < -0.3 is 4.98 Å². The van der Waals surface area contributed by atoms with Gasteiger partial charge in [-0.3, -0.25) is 4.79 Å². The van der Waals surface area contributed by atoms with Gasteiger partial charge >= 0.3 is 4.87 Å². The molecule has 112 valence electrons. The molecule has 1 fully saturated rings. The Balaban J connectivity index is 1.86. The summed E-state index contributed by atoms with van der Waals surface area (Å²) >= 11 is 0.764. The van der Waals surface area contributed by atoms with Gasteiger partial charge in [-0.05, 0) is 24.8 Å². The van der Waals surface area contributed by atoms with Crippen molar-refractivity contribution in [2.45, 2.75) is 23.5 Å². The van der Waals surface area contributed by atoms with Crippen LogP contribution in [0.3, 0.4) is 0 Å². The fraction of sp³-hybridized carbons (Fsp3) is 0.357. The van der Waals surface area contributed by atoms with E-state index in [-0.39, 0.29) is 15.0 Å². The van der Waals surface area contributed by atoms with Gasteiger partial charge in [-0.25, -0.2) is 8.42 Å². The molecule has 2 aromatic rings. The smallest absolute Gasteiger partial charge is 0.305 e. The Hall–Kier alpha value is -1.44. The van der Waals surface area contributed by atoms with E-state index in [4.69, 9.17) is 0 Å². The standard InChI is InChI=1S/C14H16N2O3S2/c1-10-13(20-14(17)15-10)21(18,19)16-8-7-12(9-16)11-5-3-2-4-6-11/h2-6,12H,7-9H2,1H3,(H,15,17). The fourth-order valence-electron chi connectivity index (χ4n) is 2.70. The molecule has 1 atom stereocenters. The number of nitrogens with one attached hydrogen (secondary N) is 1. The van der Waals surface area contributed by atoms with Crippen molar-refractivity contribution < 1.29 is 8.42 Å². The first-order valence-electron chi connectivity index (χ1n) is 6.73. The first kappa shape index (κ1) is 14.5. The van der Waals surface area contributed by atoms with Crippen LogP contribution in [0.25, 0.3) is 0 Å². The molecule has 0 bridgehead atoms. The van der Waals surface area contributed by atoms with Crippen LogP contribution in [0.2, 0.25) is 0 Å². The summed E-state index contributed by atoms with van der Waals surface area (Å²) in [7, 11) is -3.57. The Morgan fingerprint density at radius 2 is 2.00 bits per heavy atom.